The molecule has 0 aliphatic rings. The predicted molar refractivity (Wildman–Crippen MR) is 76.0 cm³/mol. The summed E-state index contributed by atoms with van der Waals surface area (Å²) < 4.78 is 2.95. The van der Waals surface area contributed by atoms with Crippen molar-refractivity contribution in [3.8, 4) is 11.3 Å². The monoisotopic (exact) mass is 288 g/mol. The van der Waals surface area contributed by atoms with Crippen LogP contribution in [0, 0.1) is 0 Å². The maximum absolute atomic E-state index is 12.5. The highest BCUT2D eigenvalue weighted by molar-refractivity contribution is 5.63. The first-order valence-electron chi connectivity index (χ1n) is 6.71. The normalized spacial score (nSPS) is 11.6. The molecule has 0 amide bonds. The molecule has 3 aromatic rings. The van der Waals surface area contributed by atoms with Gasteiger partial charge in [-0.2, -0.15) is 9.61 Å². The number of aromatic amines is 1. The van der Waals surface area contributed by atoms with E-state index >= 15 is 0 Å². The average molecular weight is 288 g/mol. The van der Waals surface area contributed by atoms with Crippen molar-refractivity contribution in [1.82, 2.24) is 29.4 Å². The van der Waals surface area contributed by atoms with Gasteiger partial charge in [0, 0.05) is 17.3 Å². The number of nitrogens with one attached hydrogen (secondary N) is 1. The van der Waals surface area contributed by atoms with Crippen molar-refractivity contribution in [2.24, 2.45) is 0 Å². The molecule has 8 nitrogen and oxygen atoms in total. The largest absolute Gasteiger partial charge is 0.394 e. The Labute approximate surface area is 120 Å². The van der Waals surface area contributed by atoms with E-state index in [0.29, 0.717) is 23.6 Å². The van der Waals surface area contributed by atoms with Crippen LogP contribution in [-0.2, 0) is 6.54 Å². The number of aliphatic hydroxyl groups is 1. The summed E-state index contributed by atoms with van der Waals surface area (Å²) >= 11 is 0. The van der Waals surface area contributed by atoms with Crippen molar-refractivity contribution in [3.63, 3.8) is 0 Å². The molecular formula is C13H16N6O2. The second kappa shape index (κ2) is 5.13. The lowest BCUT2D eigenvalue weighted by Crippen LogP contribution is -2.22. The highest BCUT2D eigenvalue weighted by atomic mass is 16.3. The van der Waals surface area contributed by atoms with Crippen LogP contribution in [0.25, 0.3) is 17.0 Å². The smallest absolute Gasteiger partial charge is 0.278 e. The number of H-pyrrole nitrogens is 1. The molecule has 0 saturated carbocycles. The third-order valence-corrected chi connectivity index (χ3v) is 3.28. The summed E-state index contributed by atoms with van der Waals surface area (Å²) in [5.41, 5.74) is 1.79. The Bertz CT molecular complexity index is 829. The van der Waals surface area contributed by atoms with Gasteiger partial charge in [-0.1, -0.05) is 13.8 Å². The molecule has 0 spiro atoms. The van der Waals surface area contributed by atoms with Crippen LogP contribution in [-0.4, -0.2) is 41.1 Å². The van der Waals surface area contributed by atoms with Gasteiger partial charge in [0.15, 0.2) is 0 Å². The quantitative estimate of drug-likeness (QED) is 0.723. The highest BCUT2D eigenvalue weighted by Gasteiger charge is 2.19. The van der Waals surface area contributed by atoms with Gasteiger partial charge in [0.05, 0.1) is 25.0 Å². The lowest BCUT2D eigenvalue weighted by molar-refractivity contribution is 0.269. The van der Waals surface area contributed by atoms with E-state index in [1.807, 2.05) is 13.8 Å². The summed E-state index contributed by atoms with van der Waals surface area (Å²) in [5, 5.41) is 15.9. The molecule has 110 valence electrons. The van der Waals surface area contributed by atoms with Crippen molar-refractivity contribution in [2.45, 2.75) is 26.3 Å². The number of fused-ring (bicyclic) bond motifs is 1. The fourth-order valence-corrected chi connectivity index (χ4v) is 2.32. The van der Waals surface area contributed by atoms with Gasteiger partial charge in [-0.25, -0.2) is 9.97 Å². The third kappa shape index (κ3) is 2.23. The summed E-state index contributed by atoms with van der Waals surface area (Å²) in [6.45, 7) is 4.30. The van der Waals surface area contributed by atoms with Gasteiger partial charge in [0.2, 0.25) is 0 Å². The Morgan fingerprint density at radius 3 is 2.95 bits per heavy atom. The number of rotatable bonds is 4. The van der Waals surface area contributed by atoms with Gasteiger partial charge in [0.25, 0.3) is 11.3 Å². The van der Waals surface area contributed by atoms with E-state index in [1.54, 1.807) is 17.1 Å². The second-order valence-corrected chi connectivity index (χ2v) is 5.07. The molecule has 0 radical (unpaired) electrons. The van der Waals surface area contributed by atoms with Crippen LogP contribution in [0.15, 0.2) is 23.5 Å². The molecule has 0 aliphatic heterocycles. The molecule has 0 bridgehead atoms. The van der Waals surface area contributed by atoms with E-state index in [9.17, 15) is 4.79 Å². The fraction of sp³-hybridized carbons (Fsp3) is 0.385. The van der Waals surface area contributed by atoms with Crippen LogP contribution in [0.1, 0.15) is 25.3 Å². The molecule has 3 aromatic heterocycles. The fourth-order valence-electron chi connectivity index (χ4n) is 2.32. The van der Waals surface area contributed by atoms with Crippen LogP contribution in [0.4, 0.5) is 0 Å². The first-order chi connectivity index (χ1) is 10.1. The van der Waals surface area contributed by atoms with Crippen LogP contribution in [0.2, 0.25) is 0 Å². The molecule has 0 saturated heterocycles. The predicted octanol–water partition coefficient (Wildman–Crippen LogP) is 0.397. The van der Waals surface area contributed by atoms with Crippen LogP contribution >= 0.6 is 0 Å². The molecule has 3 rings (SSSR count). The van der Waals surface area contributed by atoms with Gasteiger partial charge < -0.3 is 5.11 Å². The van der Waals surface area contributed by atoms with Gasteiger partial charge in [-0.15, -0.1) is 0 Å². The number of hydrogen-bond donors (Lipinski definition) is 2. The molecule has 3 heterocycles. The number of aliphatic hydroxyl groups excluding tert-OH is 1. The van der Waals surface area contributed by atoms with E-state index in [-0.39, 0.29) is 18.1 Å². The summed E-state index contributed by atoms with van der Waals surface area (Å²) in [6, 6.07) is 0. The molecule has 0 atom stereocenters. The maximum atomic E-state index is 12.5. The van der Waals surface area contributed by atoms with E-state index in [0.717, 1.165) is 5.56 Å². The van der Waals surface area contributed by atoms with Crippen LogP contribution < -0.4 is 5.56 Å². The minimum absolute atomic E-state index is 0.00659. The maximum Gasteiger partial charge on any atom is 0.278 e. The first-order valence-corrected chi connectivity index (χ1v) is 6.71. The van der Waals surface area contributed by atoms with Gasteiger partial charge in [0.1, 0.15) is 6.33 Å². The molecule has 0 unspecified atom stereocenters. The average Bonchev–Trinajstić information content (AvgIpc) is 3.06. The first kappa shape index (κ1) is 13.5. The Balaban J connectivity index is 2.24. The van der Waals surface area contributed by atoms with Gasteiger partial charge >= 0.3 is 0 Å². The number of nitrogens with zero attached hydrogens (tertiary/aromatic N) is 5. The second-order valence-electron chi connectivity index (χ2n) is 5.07. The standard InChI is InChI=1S/C13H16N6O2/c1-8(2)10-11(9-5-15-18(6-9)3-4-20)17-13-14-7-16-19(13)12(10)21/h5-8,20H,3-4H2,1-2H3,(H,14,16,17). The lowest BCUT2D eigenvalue weighted by atomic mass is 10.0. The van der Waals surface area contributed by atoms with Crippen molar-refractivity contribution in [3.05, 3.63) is 34.6 Å². The zero-order valence-electron chi connectivity index (χ0n) is 11.8. The van der Waals surface area contributed by atoms with Crippen molar-refractivity contribution < 1.29 is 5.11 Å². The van der Waals surface area contributed by atoms with Gasteiger partial charge in [-0.3, -0.25) is 14.6 Å². The molecule has 0 aliphatic carbocycles. The Morgan fingerprint density at radius 2 is 2.24 bits per heavy atom. The van der Waals surface area contributed by atoms with Crippen molar-refractivity contribution in [1.29, 1.82) is 0 Å². The minimum atomic E-state index is -0.155. The molecule has 0 fully saturated rings. The van der Waals surface area contributed by atoms with E-state index in [1.165, 1.54) is 10.8 Å². The molecule has 8 heteroatoms. The molecule has 2 N–H and O–H groups in total. The van der Waals surface area contributed by atoms with Gasteiger partial charge in [-0.05, 0) is 5.92 Å². The zero-order chi connectivity index (χ0) is 15.0. The minimum Gasteiger partial charge on any atom is -0.394 e. The molecule has 0 aromatic carbocycles. The lowest BCUT2D eigenvalue weighted by Gasteiger charge is -2.09. The number of hydrogen-bond acceptors (Lipinski definition) is 5. The Kier molecular flexibility index (Phi) is 3.30. The summed E-state index contributed by atoms with van der Waals surface area (Å²) in [5.74, 6) is 0.343. The Morgan fingerprint density at radius 1 is 1.43 bits per heavy atom. The summed E-state index contributed by atoms with van der Waals surface area (Å²) in [7, 11) is 0. The van der Waals surface area contributed by atoms with Crippen LogP contribution in [0.3, 0.4) is 0 Å². The SMILES string of the molecule is CC(C)c1c(-c2cnn(CCO)c2)nc2nc[nH]n2c1=O. The number of aromatic nitrogens is 6. The summed E-state index contributed by atoms with van der Waals surface area (Å²) in [6.07, 6.45) is 4.85. The van der Waals surface area contributed by atoms with E-state index < -0.39 is 0 Å². The van der Waals surface area contributed by atoms with E-state index in [2.05, 4.69) is 20.2 Å². The van der Waals surface area contributed by atoms with Crippen LogP contribution in [0.5, 0.6) is 0 Å². The Hall–Kier alpha value is -2.48. The highest BCUT2D eigenvalue weighted by Crippen LogP contribution is 2.24. The van der Waals surface area contributed by atoms with Crippen molar-refractivity contribution in [2.75, 3.05) is 6.61 Å². The molecule has 21 heavy (non-hydrogen) atoms. The summed E-state index contributed by atoms with van der Waals surface area (Å²) in [4.78, 5) is 21.0. The van der Waals surface area contributed by atoms with Crippen molar-refractivity contribution >= 4 is 5.78 Å². The molecular weight excluding hydrogens is 272 g/mol. The zero-order valence-corrected chi connectivity index (χ0v) is 11.8. The topological polar surface area (TPSA) is 101 Å². The third-order valence-electron chi connectivity index (χ3n) is 3.28. The van der Waals surface area contributed by atoms with E-state index in [4.69, 9.17) is 5.11 Å².